The summed E-state index contributed by atoms with van der Waals surface area (Å²) in [5.74, 6) is 3.25. The van der Waals surface area contributed by atoms with Gasteiger partial charge in [-0.15, -0.1) is 6.42 Å². The number of rotatable bonds is 2. The highest BCUT2D eigenvalue weighted by molar-refractivity contribution is 7.13. The van der Waals surface area contributed by atoms with Crippen molar-refractivity contribution in [1.29, 1.82) is 0 Å². The summed E-state index contributed by atoms with van der Waals surface area (Å²) in [7, 11) is 0. The van der Waals surface area contributed by atoms with Crippen molar-refractivity contribution in [3.05, 3.63) is 24.4 Å². The van der Waals surface area contributed by atoms with Gasteiger partial charge in [0.05, 0.1) is 4.70 Å². The van der Waals surface area contributed by atoms with Gasteiger partial charge in [0.2, 0.25) is 0 Å². The average molecular weight is 189 g/mol. The molecule has 2 rings (SSSR count). The van der Waals surface area contributed by atoms with E-state index in [9.17, 15) is 0 Å². The van der Waals surface area contributed by atoms with Crippen LogP contribution in [0, 0.1) is 12.3 Å². The normalized spacial score (nSPS) is 9.77. The Hall–Kier alpha value is -1.53. The van der Waals surface area contributed by atoms with Crippen molar-refractivity contribution >= 4 is 21.6 Å². The predicted molar refractivity (Wildman–Crippen MR) is 53.9 cm³/mol. The quantitative estimate of drug-likeness (QED) is 0.676. The van der Waals surface area contributed by atoms with E-state index >= 15 is 0 Å². The molecule has 2 aromatic rings. The molecule has 0 spiro atoms. The molecule has 0 N–H and O–H groups in total. The Labute approximate surface area is 80.3 Å². The molecule has 0 saturated carbocycles. The summed E-state index contributed by atoms with van der Waals surface area (Å²) < 4.78 is 10.5. The zero-order valence-electron chi connectivity index (χ0n) is 6.86. The molecule has 0 bridgehead atoms. The fraction of sp³-hybridized carbons (Fsp3) is 0.100. The Morgan fingerprint density at radius 3 is 3.31 bits per heavy atom. The van der Waals surface area contributed by atoms with Gasteiger partial charge in [0.1, 0.15) is 12.4 Å². The number of terminal acetylenes is 1. The summed E-state index contributed by atoms with van der Waals surface area (Å²) in [6.45, 7) is 0.303. The third-order valence-corrected chi connectivity index (χ3v) is 2.49. The first-order valence-electron chi connectivity index (χ1n) is 3.81. The first-order chi connectivity index (χ1) is 6.42. The lowest BCUT2D eigenvalue weighted by Gasteiger charge is -2.01. The standard InChI is InChI=1S/C10H7NOS/c1-2-6-12-9-5-3-4-8-7-11-13-10(8)9/h1,3-5,7H,6H2. The maximum absolute atomic E-state index is 5.36. The second-order valence-electron chi connectivity index (χ2n) is 2.49. The summed E-state index contributed by atoms with van der Waals surface area (Å²) in [6, 6.07) is 5.84. The van der Waals surface area contributed by atoms with Crippen LogP contribution in [0.25, 0.3) is 10.1 Å². The third-order valence-electron chi connectivity index (χ3n) is 1.66. The van der Waals surface area contributed by atoms with Crippen molar-refractivity contribution < 1.29 is 4.74 Å². The molecular weight excluding hydrogens is 182 g/mol. The molecule has 0 saturated heterocycles. The minimum absolute atomic E-state index is 0.303. The Balaban J connectivity index is 2.44. The lowest BCUT2D eigenvalue weighted by molar-refractivity contribution is 0.375. The fourth-order valence-corrected chi connectivity index (χ4v) is 1.82. The van der Waals surface area contributed by atoms with Crippen LogP contribution in [-0.2, 0) is 0 Å². The van der Waals surface area contributed by atoms with Crippen LogP contribution in [0.2, 0.25) is 0 Å². The molecule has 0 fully saturated rings. The smallest absolute Gasteiger partial charge is 0.148 e. The number of nitrogens with zero attached hydrogens (tertiary/aromatic N) is 1. The highest BCUT2D eigenvalue weighted by Crippen LogP contribution is 2.28. The Morgan fingerprint density at radius 2 is 2.46 bits per heavy atom. The van der Waals surface area contributed by atoms with E-state index in [2.05, 4.69) is 10.3 Å². The lowest BCUT2D eigenvalue weighted by atomic mass is 10.3. The number of hydrogen-bond donors (Lipinski definition) is 0. The van der Waals surface area contributed by atoms with Gasteiger partial charge in [-0.3, -0.25) is 0 Å². The van der Waals surface area contributed by atoms with Gasteiger partial charge in [0.25, 0.3) is 0 Å². The van der Waals surface area contributed by atoms with Crippen molar-refractivity contribution in [2.45, 2.75) is 0 Å². The summed E-state index contributed by atoms with van der Waals surface area (Å²) in [5.41, 5.74) is 0. The van der Waals surface area contributed by atoms with E-state index in [4.69, 9.17) is 11.2 Å². The first-order valence-corrected chi connectivity index (χ1v) is 4.59. The topological polar surface area (TPSA) is 22.1 Å². The second kappa shape index (κ2) is 3.46. The van der Waals surface area contributed by atoms with Gasteiger partial charge in [-0.2, -0.15) is 4.37 Å². The highest BCUT2D eigenvalue weighted by Gasteiger charge is 2.02. The van der Waals surface area contributed by atoms with E-state index in [-0.39, 0.29) is 0 Å². The highest BCUT2D eigenvalue weighted by atomic mass is 32.1. The molecule has 1 aromatic heterocycles. The molecule has 2 nitrogen and oxygen atoms in total. The molecule has 3 heteroatoms. The second-order valence-corrected chi connectivity index (χ2v) is 3.29. The number of ether oxygens (including phenoxy) is 1. The third kappa shape index (κ3) is 1.49. The SMILES string of the molecule is C#CCOc1cccc2cnsc12. The molecule has 13 heavy (non-hydrogen) atoms. The van der Waals surface area contributed by atoms with Gasteiger partial charge in [0.15, 0.2) is 0 Å². The molecular formula is C10H7NOS. The predicted octanol–water partition coefficient (Wildman–Crippen LogP) is 2.31. The van der Waals surface area contributed by atoms with Crippen molar-refractivity contribution in [3.63, 3.8) is 0 Å². The number of hydrogen-bond acceptors (Lipinski definition) is 3. The van der Waals surface area contributed by atoms with Crippen molar-refractivity contribution in [1.82, 2.24) is 4.37 Å². The van der Waals surface area contributed by atoms with E-state index in [1.807, 2.05) is 24.4 Å². The van der Waals surface area contributed by atoms with Crippen LogP contribution >= 0.6 is 11.5 Å². The monoisotopic (exact) mass is 189 g/mol. The molecule has 1 heterocycles. The van der Waals surface area contributed by atoms with E-state index in [1.54, 1.807) is 0 Å². The molecule has 0 unspecified atom stereocenters. The Bertz CT molecular complexity index is 455. The molecule has 0 amide bonds. The molecule has 0 atom stereocenters. The minimum atomic E-state index is 0.303. The van der Waals surface area contributed by atoms with Gasteiger partial charge in [0, 0.05) is 11.6 Å². The van der Waals surface area contributed by atoms with E-state index in [0.29, 0.717) is 6.61 Å². The summed E-state index contributed by atoms with van der Waals surface area (Å²) >= 11 is 1.42. The zero-order valence-corrected chi connectivity index (χ0v) is 7.67. The molecule has 64 valence electrons. The molecule has 1 aromatic carbocycles. The number of benzene rings is 1. The Morgan fingerprint density at radius 1 is 1.54 bits per heavy atom. The molecule has 0 aliphatic carbocycles. The van der Waals surface area contributed by atoms with Gasteiger partial charge in [-0.05, 0) is 17.6 Å². The van der Waals surface area contributed by atoms with Gasteiger partial charge >= 0.3 is 0 Å². The maximum Gasteiger partial charge on any atom is 0.148 e. The van der Waals surface area contributed by atoms with Crippen molar-refractivity contribution in [3.8, 4) is 18.1 Å². The van der Waals surface area contributed by atoms with E-state index in [0.717, 1.165) is 15.8 Å². The molecule has 0 radical (unpaired) electrons. The zero-order chi connectivity index (χ0) is 9.10. The van der Waals surface area contributed by atoms with Crippen LogP contribution in [0.3, 0.4) is 0 Å². The number of aromatic nitrogens is 1. The van der Waals surface area contributed by atoms with Crippen molar-refractivity contribution in [2.75, 3.05) is 6.61 Å². The summed E-state index contributed by atoms with van der Waals surface area (Å²) in [4.78, 5) is 0. The minimum Gasteiger partial charge on any atom is -0.479 e. The van der Waals surface area contributed by atoms with Crippen LogP contribution in [0.1, 0.15) is 0 Å². The van der Waals surface area contributed by atoms with Crippen LogP contribution in [0.5, 0.6) is 5.75 Å². The van der Waals surface area contributed by atoms with Crippen molar-refractivity contribution in [2.24, 2.45) is 0 Å². The summed E-state index contributed by atoms with van der Waals surface area (Å²) in [5, 5.41) is 1.10. The van der Waals surface area contributed by atoms with Gasteiger partial charge in [-0.1, -0.05) is 18.1 Å². The maximum atomic E-state index is 5.36. The van der Waals surface area contributed by atoms with Crippen LogP contribution < -0.4 is 4.74 Å². The lowest BCUT2D eigenvalue weighted by Crippen LogP contribution is -1.92. The Kier molecular flexibility index (Phi) is 2.15. The van der Waals surface area contributed by atoms with Crippen LogP contribution in [-0.4, -0.2) is 11.0 Å². The van der Waals surface area contributed by atoms with Crippen LogP contribution in [0.15, 0.2) is 24.4 Å². The molecule has 0 aliphatic heterocycles. The first kappa shape index (κ1) is 8.09. The summed E-state index contributed by atoms with van der Waals surface area (Å²) in [6.07, 6.45) is 6.93. The molecule has 0 aliphatic rings. The fourth-order valence-electron chi connectivity index (χ4n) is 1.10. The van der Waals surface area contributed by atoms with Gasteiger partial charge < -0.3 is 4.74 Å². The van der Waals surface area contributed by atoms with Gasteiger partial charge in [-0.25, -0.2) is 0 Å². The largest absolute Gasteiger partial charge is 0.479 e. The average Bonchev–Trinajstić information content (AvgIpc) is 2.62. The van der Waals surface area contributed by atoms with E-state index in [1.165, 1.54) is 11.5 Å². The van der Waals surface area contributed by atoms with Crippen LogP contribution in [0.4, 0.5) is 0 Å². The van der Waals surface area contributed by atoms with E-state index < -0.39 is 0 Å². The number of fused-ring (bicyclic) bond motifs is 1.